The molecule has 2 N–H and O–H groups in total. The van der Waals surface area contributed by atoms with E-state index in [-0.39, 0.29) is 11.8 Å². The molecule has 19 heavy (non-hydrogen) atoms. The minimum atomic E-state index is -3.25. The fraction of sp³-hybridized carbons (Fsp3) is 0.583. The Morgan fingerprint density at radius 3 is 2.89 bits per heavy atom. The zero-order valence-electron chi connectivity index (χ0n) is 10.7. The number of aromatic nitrogens is 1. The molecular formula is C12H19N3O3S. The van der Waals surface area contributed by atoms with Gasteiger partial charge in [0.05, 0.1) is 19.0 Å². The van der Waals surface area contributed by atoms with Crippen LogP contribution < -0.4 is 10.0 Å². The molecular weight excluding hydrogens is 266 g/mol. The molecule has 1 aromatic heterocycles. The molecule has 0 aliphatic carbocycles. The Balaban J connectivity index is 1.75. The van der Waals surface area contributed by atoms with E-state index >= 15 is 0 Å². The Morgan fingerprint density at radius 2 is 2.21 bits per heavy atom. The standard InChI is InChI=1S/C12H19N3O3S/c16-19(17,8-3-11-1-4-13-5-2-11)15-9-12-10-18-7-6-14-12/h1-2,4-5,12,14-15H,3,6-10H2. The monoisotopic (exact) mass is 285 g/mol. The predicted molar refractivity (Wildman–Crippen MR) is 72.3 cm³/mol. The van der Waals surface area contributed by atoms with Crippen LogP contribution in [0.5, 0.6) is 0 Å². The molecule has 2 rings (SSSR count). The van der Waals surface area contributed by atoms with Crippen LogP contribution in [0.15, 0.2) is 24.5 Å². The van der Waals surface area contributed by atoms with Crippen molar-refractivity contribution in [2.24, 2.45) is 0 Å². The highest BCUT2D eigenvalue weighted by Crippen LogP contribution is 2.00. The summed E-state index contributed by atoms with van der Waals surface area (Å²) in [5.41, 5.74) is 0.972. The van der Waals surface area contributed by atoms with E-state index in [0.717, 1.165) is 12.1 Å². The van der Waals surface area contributed by atoms with Crippen molar-refractivity contribution in [2.75, 3.05) is 32.1 Å². The molecule has 0 saturated carbocycles. The topological polar surface area (TPSA) is 80.3 Å². The molecule has 6 nitrogen and oxygen atoms in total. The third-order valence-electron chi connectivity index (χ3n) is 2.96. The Hall–Kier alpha value is -1.02. The summed E-state index contributed by atoms with van der Waals surface area (Å²) < 4.78 is 31.6. The number of ether oxygens (including phenoxy) is 1. The van der Waals surface area contributed by atoms with Gasteiger partial charge in [-0.15, -0.1) is 0 Å². The van der Waals surface area contributed by atoms with E-state index in [9.17, 15) is 8.42 Å². The number of nitrogens with zero attached hydrogens (tertiary/aromatic N) is 1. The molecule has 106 valence electrons. The van der Waals surface area contributed by atoms with Crippen molar-refractivity contribution in [3.05, 3.63) is 30.1 Å². The zero-order chi connectivity index (χ0) is 13.6. The second kappa shape index (κ2) is 6.95. The predicted octanol–water partition coefficient (Wildman–Crippen LogP) is -0.468. The first-order chi connectivity index (χ1) is 9.16. The average molecular weight is 285 g/mol. The van der Waals surface area contributed by atoms with Gasteiger partial charge in [-0.1, -0.05) is 0 Å². The highest BCUT2D eigenvalue weighted by atomic mass is 32.2. The Kier molecular flexibility index (Phi) is 5.26. The van der Waals surface area contributed by atoms with E-state index in [0.29, 0.717) is 26.2 Å². The minimum Gasteiger partial charge on any atom is -0.378 e. The summed E-state index contributed by atoms with van der Waals surface area (Å²) in [6.07, 6.45) is 3.82. The normalized spacial score (nSPS) is 20.3. The van der Waals surface area contributed by atoms with Crippen molar-refractivity contribution < 1.29 is 13.2 Å². The van der Waals surface area contributed by atoms with E-state index in [2.05, 4.69) is 15.0 Å². The van der Waals surface area contributed by atoms with E-state index in [1.165, 1.54) is 0 Å². The van der Waals surface area contributed by atoms with E-state index in [1.54, 1.807) is 12.4 Å². The molecule has 0 aromatic carbocycles. The van der Waals surface area contributed by atoms with Crippen molar-refractivity contribution in [1.29, 1.82) is 0 Å². The van der Waals surface area contributed by atoms with Crippen LogP contribution in [-0.2, 0) is 21.2 Å². The molecule has 0 bridgehead atoms. The fourth-order valence-corrected chi connectivity index (χ4v) is 2.96. The Bertz CT molecular complexity index is 472. The maximum atomic E-state index is 11.9. The molecule has 0 spiro atoms. The van der Waals surface area contributed by atoms with Crippen LogP contribution in [0.1, 0.15) is 5.56 Å². The minimum absolute atomic E-state index is 0.0597. The summed E-state index contributed by atoms with van der Waals surface area (Å²) in [6, 6.07) is 3.71. The first-order valence-corrected chi connectivity index (χ1v) is 7.98. The quantitative estimate of drug-likeness (QED) is 0.739. The summed E-state index contributed by atoms with van der Waals surface area (Å²) in [4.78, 5) is 3.90. The largest absolute Gasteiger partial charge is 0.378 e. The van der Waals surface area contributed by atoms with Crippen LogP contribution in [0, 0.1) is 0 Å². The molecule has 1 unspecified atom stereocenters. The second-order valence-electron chi connectivity index (χ2n) is 4.50. The van der Waals surface area contributed by atoms with Gasteiger partial charge in [0.2, 0.25) is 10.0 Å². The lowest BCUT2D eigenvalue weighted by molar-refractivity contribution is 0.0784. The number of pyridine rings is 1. The van der Waals surface area contributed by atoms with Gasteiger partial charge in [-0.25, -0.2) is 13.1 Å². The maximum absolute atomic E-state index is 11.9. The van der Waals surface area contributed by atoms with Crippen molar-refractivity contribution in [3.8, 4) is 0 Å². The molecule has 1 aliphatic rings. The highest BCUT2D eigenvalue weighted by Gasteiger charge is 2.16. The summed E-state index contributed by atoms with van der Waals surface area (Å²) in [6.45, 7) is 2.38. The second-order valence-corrected chi connectivity index (χ2v) is 6.43. The number of rotatable bonds is 6. The van der Waals surface area contributed by atoms with Crippen LogP contribution in [0.2, 0.25) is 0 Å². The van der Waals surface area contributed by atoms with Gasteiger partial charge in [0.25, 0.3) is 0 Å². The van der Waals surface area contributed by atoms with Crippen molar-refractivity contribution in [1.82, 2.24) is 15.0 Å². The fourth-order valence-electron chi connectivity index (χ4n) is 1.85. The van der Waals surface area contributed by atoms with Gasteiger partial charge in [-0.2, -0.15) is 0 Å². The lowest BCUT2D eigenvalue weighted by Gasteiger charge is -2.23. The third kappa shape index (κ3) is 5.23. The van der Waals surface area contributed by atoms with E-state index in [4.69, 9.17) is 4.74 Å². The first-order valence-electron chi connectivity index (χ1n) is 6.33. The van der Waals surface area contributed by atoms with Gasteiger partial charge in [-0.05, 0) is 24.1 Å². The average Bonchev–Trinajstić information content (AvgIpc) is 2.46. The van der Waals surface area contributed by atoms with Gasteiger partial charge in [-0.3, -0.25) is 4.98 Å². The summed E-state index contributed by atoms with van der Waals surface area (Å²) in [5.74, 6) is 0.0879. The van der Waals surface area contributed by atoms with Crippen molar-refractivity contribution in [3.63, 3.8) is 0 Å². The number of nitrogens with one attached hydrogen (secondary N) is 2. The van der Waals surface area contributed by atoms with Gasteiger partial charge < -0.3 is 10.1 Å². The summed E-state index contributed by atoms with van der Waals surface area (Å²) >= 11 is 0. The summed E-state index contributed by atoms with van der Waals surface area (Å²) in [7, 11) is -3.25. The number of hydrogen-bond acceptors (Lipinski definition) is 5. The molecule has 7 heteroatoms. The van der Waals surface area contributed by atoms with Gasteiger partial charge in [0.15, 0.2) is 0 Å². The highest BCUT2D eigenvalue weighted by molar-refractivity contribution is 7.89. The molecule has 1 aliphatic heterocycles. The molecule has 1 aromatic rings. The zero-order valence-corrected chi connectivity index (χ0v) is 11.5. The van der Waals surface area contributed by atoms with Crippen LogP contribution in [-0.4, -0.2) is 51.5 Å². The van der Waals surface area contributed by atoms with Crippen molar-refractivity contribution in [2.45, 2.75) is 12.5 Å². The van der Waals surface area contributed by atoms with Gasteiger partial charge in [0, 0.05) is 31.5 Å². The number of hydrogen-bond donors (Lipinski definition) is 2. The van der Waals surface area contributed by atoms with Gasteiger partial charge in [0.1, 0.15) is 0 Å². The first kappa shape index (κ1) is 14.4. The van der Waals surface area contributed by atoms with Crippen LogP contribution >= 0.6 is 0 Å². The van der Waals surface area contributed by atoms with Gasteiger partial charge >= 0.3 is 0 Å². The molecule has 1 atom stereocenters. The smallest absolute Gasteiger partial charge is 0.211 e. The van der Waals surface area contributed by atoms with Crippen molar-refractivity contribution >= 4 is 10.0 Å². The molecule has 1 saturated heterocycles. The third-order valence-corrected chi connectivity index (χ3v) is 4.30. The Labute approximate surface area is 113 Å². The Morgan fingerprint density at radius 1 is 1.42 bits per heavy atom. The molecule has 2 heterocycles. The maximum Gasteiger partial charge on any atom is 0.211 e. The van der Waals surface area contributed by atoms with Crippen LogP contribution in [0.3, 0.4) is 0 Å². The van der Waals surface area contributed by atoms with E-state index < -0.39 is 10.0 Å². The molecule has 0 amide bonds. The van der Waals surface area contributed by atoms with Crippen LogP contribution in [0.25, 0.3) is 0 Å². The van der Waals surface area contributed by atoms with Crippen LogP contribution in [0.4, 0.5) is 0 Å². The van der Waals surface area contributed by atoms with E-state index in [1.807, 2.05) is 12.1 Å². The lowest BCUT2D eigenvalue weighted by atomic mass is 10.2. The number of aryl methyl sites for hydroxylation is 1. The molecule has 1 fully saturated rings. The SMILES string of the molecule is O=S(=O)(CCc1ccncc1)NCC1COCCN1. The molecule has 0 radical (unpaired) electrons. The summed E-state index contributed by atoms with van der Waals surface area (Å²) in [5, 5.41) is 3.21. The number of sulfonamides is 1. The number of morpholine rings is 1. The lowest BCUT2D eigenvalue weighted by Crippen LogP contribution is -2.48.